The highest BCUT2D eigenvalue weighted by molar-refractivity contribution is 9.10. The second-order valence-corrected chi connectivity index (χ2v) is 8.30. The first kappa shape index (κ1) is 23.3. The fourth-order valence-electron chi connectivity index (χ4n) is 2.88. The number of ether oxygens (including phenoxy) is 2. The van der Waals surface area contributed by atoms with Gasteiger partial charge in [0.2, 0.25) is 0 Å². The molecule has 3 rings (SSSR count). The molecule has 3 aromatic rings. The van der Waals surface area contributed by atoms with Gasteiger partial charge >= 0.3 is 5.97 Å². The lowest BCUT2D eigenvalue weighted by Gasteiger charge is -2.16. The number of hydrogen-bond donors (Lipinski definition) is 2. The summed E-state index contributed by atoms with van der Waals surface area (Å²) in [5.74, 6) is 0.204. The van der Waals surface area contributed by atoms with Gasteiger partial charge in [-0.3, -0.25) is 0 Å². The van der Waals surface area contributed by atoms with Crippen molar-refractivity contribution in [1.29, 1.82) is 0 Å². The third-order valence-corrected chi connectivity index (χ3v) is 5.54. The Morgan fingerprint density at radius 1 is 1.10 bits per heavy atom. The number of carboxylic acids is 1. The number of benzene rings is 3. The van der Waals surface area contributed by atoms with Gasteiger partial charge in [0.15, 0.2) is 11.5 Å². The highest BCUT2D eigenvalue weighted by atomic mass is 79.9. The number of aromatic carboxylic acids is 1. The molecule has 3 aromatic carbocycles. The average molecular weight is 525 g/mol. The maximum atomic E-state index is 11.1. The van der Waals surface area contributed by atoms with Crippen molar-refractivity contribution < 1.29 is 19.4 Å². The number of nitrogens with one attached hydrogen (secondary N) is 1. The van der Waals surface area contributed by atoms with Crippen molar-refractivity contribution in [2.24, 2.45) is 0 Å². The molecule has 0 fully saturated rings. The molecule has 0 heterocycles. The fourth-order valence-corrected chi connectivity index (χ4v) is 3.95. The first-order valence-electron chi connectivity index (χ1n) is 9.46. The summed E-state index contributed by atoms with van der Waals surface area (Å²) in [5.41, 5.74) is 2.69. The molecule has 0 amide bonds. The van der Waals surface area contributed by atoms with Crippen LogP contribution in [0.4, 0.5) is 5.69 Å². The highest BCUT2D eigenvalue weighted by Crippen LogP contribution is 2.38. The minimum atomic E-state index is -0.965. The molecule has 0 aromatic heterocycles. The summed E-state index contributed by atoms with van der Waals surface area (Å²) in [6, 6.07) is 15.7. The molecule has 0 atom stereocenters. The molecule has 0 saturated heterocycles. The molecule has 2 N–H and O–H groups in total. The maximum absolute atomic E-state index is 11.1. The van der Waals surface area contributed by atoms with E-state index in [-0.39, 0.29) is 12.2 Å². The average Bonchev–Trinajstić information content (AvgIpc) is 2.73. The van der Waals surface area contributed by atoms with Crippen LogP contribution in [0.15, 0.2) is 59.1 Å². The van der Waals surface area contributed by atoms with E-state index in [1.165, 1.54) is 0 Å². The van der Waals surface area contributed by atoms with Crippen molar-refractivity contribution in [3.63, 3.8) is 0 Å². The van der Waals surface area contributed by atoms with Crippen LogP contribution in [-0.2, 0) is 13.2 Å². The lowest BCUT2D eigenvalue weighted by Crippen LogP contribution is -2.05. The zero-order chi connectivity index (χ0) is 22.4. The Hall–Kier alpha value is -2.41. The van der Waals surface area contributed by atoms with E-state index in [0.29, 0.717) is 40.4 Å². The van der Waals surface area contributed by atoms with Crippen molar-refractivity contribution in [3.8, 4) is 11.5 Å². The molecular formula is C23H20BrCl2NO4. The molecule has 8 heteroatoms. The second kappa shape index (κ2) is 10.8. The van der Waals surface area contributed by atoms with Gasteiger partial charge < -0.3 is 19.9 Å². The smallest absolute Gasteiger partial charge is 0.335 e. The van der Waals surface area contributed by atoms with Crippen LogP contribution in [0.3, 0.4) is 0 Å². The first-order chi connectivity index (χ1) is 14.9. The monoisotopic (exact) mass is 523 g/mol. The van der Waals surface area contributed by atoms with E-state index in [9.17, 15) is 4.79 Å². The van der Waals surface area contributed by atoms with Crippen molar-refractivity contribution in [2.45, 2.75) is 20.1 Å². The molecule has 0 aliphatic carbocycles. The van der Waals surface area contributed by atoms with Gasteiger partial charge in [-0.2, -0.15) is 0 Å². The van der Waals surface area contributed by atoms with Gasteiger partial charge in [0, 0.05) is 27.8 Å². The van der Waals surface area contributed by atoms with Crippen molar-refractivity contribution >= 4 is 50.8 Å². The van der Waals surface area contributed by atoms with Crippen molar-refractivity contribution in [2.75, 3.05) is 11.9 Å². The fraction of sp³-hybridized carbons (Fsp3) is 0.174. The standard InChI is InChI=1S/C23H20BrCl2NO4/c1-2-30-21-9-14(12-27-18-5-3-4-15(10-18)23(28)29)8-19(24)22(21)31-13-16-6-7-17(25)11-20(16)26/h3-11,27H,2,12-13H2,1H3,(H,28,29). The quantitative estimate of drug-likeness (QED) is 0.314. The molecule has 31 heavy (non-hydrogen) atoms. The molecule has 5 nitrogen and oxygen atoms in total. The molecule has 0 bridgehead atoms. The molecule has 0 radical (unpaired) electrons. The maximum Gasteiger partial charge on any atom is 0.335 e. The van der Waals surface area contributed by atoms with E-state index < -0.39 is 5.97 Å². The summed E-state index contributed by atoms with van der Waals surface area (Å²) in [4.78, 5) is 11.1. The van der Waals surface area contributed by atoms with Gasteiger partial charge in [-0.15, -0.1) is 0 Å². The van der Waals surface area contributed by atoms with Crippen LogP contribution in [-0.4, -0.2) is 17.7 Å². The summed E-state index contributed by atoms with van der Waals surface area (Å²) in [7, 11) is 0. The molecule has 0 unspecified atom stereocenters. The summed E-state index contributed by atoms with van der Waals surface area (Å²) in [5, 5.41) is 13.5. The predicted molar refractivity (Wildman–Crippen MR) is 127 cm³/mol. The summed E-state index contributed by atoms with van der Waals surface area (Å²) >= 11 is 15.8. The van der Waals surface area contributed by atoms with Gasteiger partial charge in [-0.25, -0.2) is 4.79 Å². The van der Waals surface area contributed by atoms with Crippen LogP contribution in [0.1, 0.15) is 28.4 Å². The SMILES string of the molecule is CCOc1cc(CNc2cccc(C(=O)O)c2)cc(Br)c1OCc1ccc(Cl)cc1Cl. The van der Waals surface area contributed by atoms with Gasteiger partial charge in [-0.05, 0) is 70.9 Å². The molecule has 0 saturated carbocycles. The molecule has 162 valence electrons. The number of anilines is 1. The van der Waals surface area contributed by atoms with Gasteiger partial charge in [0.25, 0.3) is 0 Å². The van der Waals surface area contributed by atoms with Gasteiger partial charge in [0.05, 0.1) is 16.6 Å². The van der Waals surface area contributed by atoms with Crippen molar-refractivity contribution in [1.82, 2.24) is 0 Å². The number of hydrogen-bond acceptors (Lipinski definition) is 4. The van der Waals surface area contributed by atoms with Crippen LogP contribution >= 0.6 is 39.1 Å². The Kier molecular flexibility index (Phi) is 8.07. The number of carbonyl (C=O) groups is 1. The third-order valence-electron chi connectivity index (χ3n) is 4.36. The Morgan fingerprint density at radius 2 is 1.90 bits per heavy atom. The summed E-state index contributed by atoms with van der Waals surface area (Å²) in [6.45, 7) is 3.11. The molecular weight excluding hydrogens is 505 g/mol. The molecule has 0 aliphatic rings. The van der Waals surface area contributed by atoms with Gasteiger partial charge in [-0.1, -0.05) is 35.3 Å². The van der Waals surface area contributed by atoms with E-state index in [1.807, 2.05) is 31.2 Å². The minimum Gasteiger partial charge on any atom is -0.490 e. The zero-order valence-corrected chi connectivity index (χ0v) is 19.7. The Morgan fingerprint density at radius 3 is 2.61 bits per heavy atom. The normalized spacial score (nSPS) is 10.6. The summed E-state index contributed by atoms with van der Waals surface area (Å²) in [6.07, 6.45) is 0. The number of halogens is 3. The van der Waals surface area contributed by atoms with E-state index in [0.717, 1.165) is 15.6 Å². The van der Waals surface area contributed by atoms with Gasteiger partial charge in [0.1, 0.15) is 6.61 Å². The number of rotatable bonds is 9. The summed E-state index contributed by atoms with van der Waals surface area (Å²) < 4.78 is 12.5. The Labute approximate surface area is 199 Å². The topological polar surface area (TPSA) is 67.8 Å². The van der Waals surface area contributed by atoms with E-state index in [2.05, 4.69) is 21.2 Å². The second-order valence-electron chi connectivity index (χ2n) is 6.60. The largest absolute Gasteiger partial charge is 0.490 e. The van der Waals surface area contributed by atoms with Crippen LogP contribution in [0.2, 0.25) is 10.0 Å². The van der Waals surface area contributed by atoms with E-state index in [1.54, 1.807) is 30.3 Å². The Bertz CT molecular complexity index is 1090. The van der Waals surface area contributed by atoms with E-state index in [4.69, 9.17) is 37.8 Å². The highest BCUT2D eigenvalue weighted by Gasteiger charge is 2.14. The van der Waals surface area contributed by atoms with Crippen LogP contribution < -0.4 is 14.8 Å². The predicted octanol–water partition coefficient (Wildman–Crippen LogP) is 7.04. The first-order valence-corrected chi connectivity index (χ1v) is 11.0. The zero-order valence-electron chi connectivity index (χ0n) is 16.6. The van der Waals surface area contributed by atoms with Crippen LogP contribution in [0.25, 0.3) is 0 Å². The minimum absolute atomic E-state index is 0.228. The van der Waals surface area contributed by atoms with Crippen molar-refractivity contribution in [3.05, 3.63) is 85.8 Å². The molecule has 0 spiro atoms. The lowest BCUT2D eigenvalue weighted by molar-refractivity contribution is 0.0697. The van der Waals surface area contributed by atoms with Crippen LogP contribution in [0.5, 0.6) is 11.5 Å². The number of carboxylic acid groups (broad SMARTS) is 1. The lowest BCUT2D eigenvalue weighted by atomic mass is 10.1. The third kappa shape index (κ3) is 6.29. The van der Waals surface area contributed by atoms with Crippen LogP contribution in [0, 0.1) is 0 Å². The van der Waals surface area contributed by atoms with E-state index >= 15 is 0 Å². The Balaban J connectivity index is 1.76. The molecule has 0 aliphatic heterocycles.